The molecule has 11 rings (SSSR count). The SMILES string of the molecule is C=C/C=C\C=C(/c1ccccc1)N(c1ccc(-c2sc(-c3ccccc3)c3c2C(C)(C)c2sc(-c4ccccc4)c(-c4ccccc4)c2-3)cc1)c1ccc2c(c1)C(C)(C)c1ccccc1-2. The lowest BCUT2D eigenvalue weighted by Crippen LogP contribution is -2.18. The molecule has 0 radical (unpaired) electrons. The Labute approximate surface area is 391 Å². The number of rotatable bonds is 10. The summed E-state index contributed by atoms with van der Waals surface area (Å²) in [5.74, 6) is 0. The molecule has 2 aliphatic rings. The normalized spacial score (nSPS) is 14.2. The van der Waals surface area contributed by atoms with Gasteiger partial charge in [-0.1, -0.05) is 216 Å². The highest BCUT2D eigenvalue weighted by Crippen LogP contribution is 2.65. The lowest BCUT2D eigenvalue weighted by molar-refractivity contribution is 0.660. The molecule has 0 fully saturated rings. The Morgan fingerprint density at radius 2 is 1.00 bits per heavy atom. The third-order valence-electron chi connectivity index (χ3n) is 13.4. The van der Waals surface area contributed by atoms with Gasteiger partial charge in [-0.2, -0.15) is 0 Å². The van der Waals surface area contributed by atoms with Crippen molar-refractivity contribution in [3.05, 3.63) is 246 Å². The zero-order valence-corrected chi connectivity index (χ0v) is 38.8. The molecule has 0 spiro atoms. The highest BCUT2D eigenvalue weighted by Gasteiger charge is 2.45. The molecule has 65 heavy (non-hydrogen) atoms. The van der Waals surface area contributed by atoms with E-state index in [1.165, 1.54) is 86.3 Å². The van der Waals surface area contributed by atoms with Gasteiger partial charge in [-0.25, -0.2) is 0 Å². The van der Waals surface area contributed by atoms with E-state index in [0.29, 0.717) is 0 Å². The second-order valence-corrected chi connectivity index (χ2v) is 20.1. The van der Waals surface area contributed by atoms with Gasteiger partial charge in [0.15, 0.2) is 0 Å². The van der Waals surface area contributed by atoms with E-state index in [-0.39, 0.29) is 10.8 Å². The molecule has 0 saturated heterocycles. The molecule has 1 nitrogen and oxygen atoms in total. The molecule has 7 aromatic carbocycles. The lowest BCUT2D eigenvalue weighted by Gasteiger charge is -2.30. The minimum atomic E-state index is -0.231. The highest BCUT2D eigenvalue weighted by molar-refractivity contribution is 7.20. The molecule has 2 aliphatic carbocycles. The predicted octanol–water partition coefficient (Wildman–Crippen LogP) is 18.0. The molecule has 0 atom stereocenters. The van der Waals surface area contributed by atoms with Crippen molar-refractivity contribution in [3.8, 4) is 64.7 Å². The van der Waals surface area contributed by atoms with Gasteiger partial charge in [-0.3, -0.25) is 0 Å². The van der Waals surface area contributed by atoms with Crippen LogP contribution < -0.4 is 4.90 Å². The van der Waals surface area contributed by atoms with Crippen molar-refractivity contribution in [2.45, 2.75) is 38.5 Å². The maximum atomic E-state index is 3.98. The second-order valence-electron chi connectivity index (χ2n) is 18.1. The van der Waals surface area contributed by atoms with E-state index in [1.807, 2.05) is 34.8 Å². The minimum absolute atomic E-state index is 0.135. The van der Waals surface area contributed by atoms with E-state index >= 15 is 0 Å². The largest absolute Gasteiger partial charge is 0.310 e. The maximum absolute atomic E-state index is 3.98. The molecule has 0 aliphatic heterocycles. The molecule has 0 N–H and O–H groups in total. The number of nitrogens with zero attached hydrogens (tertiary/aromatic N) is 1. The Morgan fingerprint density at radius 3 is 1.65 bits per heavy atom. The van der Waals surface area contributed by atoms with Crippen molar-refractivity contribution in [1.82, 2.24) is 0 Å². The topological polar surface area (TPSA) is 3.24 Å². The Bertz CT molecular complexity index is 3290. The van der Waals surface area contributed by atoms with Crippen LogP contribution in [0.25, 0.3) is 70.4 Å². The maximum Gasteiger partial charge on any atom is 0.0533 e. The van der Waals surface area contributed by atoms with Crippen LogP contribution in [0.3, 0.4) is 0 Å². The molecule has 314 valence electrons. The van der Waals surface area contributed by atoms with E-state index in [4.69, 9.17) is 0 Å². The molecule has 9 aromatic rings. The molecular weight excluding hydrogens is 823 g/mol. The smallest absolute Gasteiger partial charge is 0.0533 e. The van der Waals surface area contributed by atoms with Crippen LogP contribution in [-0.4, -0.2) is 0 Å². The summed E-state index contributed by atoms with van der Waals surface area (Å²) < 4.78 is 0. The third kappa shape index (κ3) is 6.72. The van der Waals surface area contributed by atoms with Gasteiger partial charge >= 0.3 is 0 Å². The lowest BCUT2D eigenvalue weighted by atomic mass is 9.82. The van der Waals surface area contributed by atoms with E-state index < -0.39 is 0 Å². The van der Waals surface area contributed by atoms with Crippen molar-refractivity contribution in [2.24, 2.45) is 0 Å². The van der Waals surface area contributed by atoms with Crippen molar-refractivity contribution < 1.29 is 0 Å². The van der Waals surface area contributed by atoms with Crippen molar-refractivity contribution in [1.29, 1.82) is 0 Å². The van der Waals surface area contributed by atoms with E-state index in [2.05, 4.69) is 239 Å². The van der Waals surface area contributed by atoms with Gasteiger partial charge in [0.05, 0.1) is 5.70 Å². The van der Waals surface area contributed by atoms with Gasteiger partial charge in [-0.05, 0) is 86.0 Å². The third-order valence-corrected chi connectivity index (χ3v) is 16.3. The number of hydrogen-bond donors (Lipinski definition) is 0. The van der Waals surface area contributed by atoms with Gasteiger partial charge in [0, 0.05) is 58.4 Å². The van der Waals surface area contributed by atoms with Gasteiger partial charge in [-0.15, -0.1) is 22.7 Å². The number of thiophene rings is 2. The van der Waals surface area contributed by atoms with Crippen LogP contribution in [0.2, 0.25) is 0 Å². The zero-order chi connectivity index (χ0) is 44.3. The Kier molecular flexibility index (Phi) is 10.1. The van der Waals surface area contributed by atoms with E-state index in [0.717, 1.165) is 22.6 Å². The first-order valence-electron chi connectivity index (χ1n) is 22.5. The first kappa shape index (κ1) is 40.7. The molecular formula is C62H49NS2. The quantitative estimate of drug-likeness (QED) is 0.124. The monoisotopic (exact) mass is 871 g/mol. The van der Waals surface area contributed by atoms with Gasteiger partial charge in [0.2, 0.25) is 0 Å². The molecule has 2 heterocycles. The molecule has 2 aromatic heterocycles. The first-order chi connectivity index (χ1) is 31.8. The Morgan fingerprint density at radius 1 is 0.462 bits per heavy atom. The van der Waals surface area contributed by atoms with Crippen LogP contribution in [0.15, 0.2) is 219 Å². The Balaban J connectivity index is 1.10. The number of fused-ring (bicyclic) bond motifs is 6. The van der Waals surface area contributed by atoms with E-state index in [1.54, 1.807) is 0 Å². The molecule has 0 bridgehead atoms. The number of benzene rings is 7. The average Bonchev–Trinajstić information content (AvgIpc) is 4.07. The summed E-state index contributed by atoms with van der Waals surface area (Å²) in [4.78, 5) is 7.85. The van der Waals surface area contributed by atoms with Crippen LogP contribution >= 0.6 is 22.7 Å². The summed E-state index contributed by atoms with van der Waals surface area (Å²) in [5, 5.41) is 0. The average molecular weight is 872 g/mol. The van der Waals surface area contributed by atoms with Gasteiger partial charge in [0.1, 0.15) is 0 Å². The molecule has 3 heteroatoms. The van der Waals surface area contributed by atoms with Crippen LogP contribution in [0.1, 0.15) is 54.8 Å². The summed E-state index contributed by atoms with van der Waals surface area (Å²) in [6.07, 6.45) is 8.15. The van der Waals surface area contributed by atoms with Crippen molar-refractivity contribution in [2.75, 3.05) is 4.90 Å². The molecule has 0 unspecified atom stereocenters. The standard InChI is InChI=1S/C62H49NS2/c1-6-7-12-33-52(41-23-13-8-14-24-41)63(47-38-39-49-48-31-21-22-32-50(48)61(2,3)51(49)40-47)46-36-34-45(35-37-46)59-56-55(58(64-59)44-29-19-11-20-30-44)54-53(42-25-15-9-16-26-42)57(43-27-17-10-18-28-43)65-60(54)62(56,4)5/h6-40H,1H2,2-5H3/b12-7-,52-33+. The van der Waals surface area contributed by atoms with Crippen LogP contribution in [0.5, 0.6) is 0 Å². The van der Waals surface area contributed by atoms with Crippen LogP contribution in [-0.2, 0) is 10.8 Å². The summed E-state index contributed by atoms with van der Waals surface area (Å²) in [6.45, 7) is 13.6. The minimum Gasteiger partial charge on any atom is -0.310 e. The fourth-order valence-corrected chi connectivity index (χ4v) is 13.2. The zero-order valence-electron chi connectivity index (χ0n) is 37.2. The number of allylic oxidation sites excluding steroid dienone is 4. The summed E-state index contributed by atoms with van der Waals surface area (Å²) >= 11 is 3.91. The summed E-state index contributed by atoms with van der Waals surface area (Å²) in [6, 6.07) is 69.1. The van der Waals surface area contributed by atoms with Crippen molar-refractivity contribution >= 4 is 39.7 Å². The van der Waals surface area contributed by atoms with Crippen LogP contribution in [0, 0.1) is 0 Å². The summed E-state index contributed by atoms with van der Waals surface area (Å²) in [7, 11) is 0. The number of anilines is 2. The highest BCUT2D eigenvalue weighted by atomic mass is 32.1. The van der Waals surface area contributed by atoms with Crippen molar-refractivity contribution in [3.63, 3.8) is 0 Å². The van der Waals surface area contributed by atoms with Gasteiger partial charge in [0.25, 0.3) is 0 Å². The Hall–Kier alpha value is -7.04. The number of hydrogen-bond acceptors (Lipinski definition) is 3. The fourth-order valence-electron chi connectivity index (χ4n) is 10.3. The molecule has 0 saturated carbocycles. The first-order valence-corrected chi connectivity index (χ1v) is 24.1. The fraction of sp³-hybridized carbons (Fsp3) is 0.0968. The summed E-state index contributed by atoms with van der Waals surface area (Å²) in [5.41, 5.74) is 19.9. The second kappa shape index (κ2) is 16.2. The van der Waals surface area contributed by atoms with E-state index in [9.17, 15) is 0 Å². The van der Waals surface area contributed by atoms with Crippen LogP contribution in [0.4, 0.5) is 11.4 Å². The predicted molar refractivity (Wildman–Crippen MR) is 281 cm³/mol. The molecule has 0 amide bonds. The van der Waals surface area contributed by atoms with Gasteiger partial charge < -0.3 is 4.90 Å².